The number of thioether (sulfide) groups is 1. The summed E-state index contributed by atoms with van der Waals surface area (Å²) in [5.41, 5.74) is -1.37. The fourth-order valence-electron chi connectivity index (χ4n) is 1.31. The molecule has 1 aromatic carbocycles. The van der Waals surface area contributed by atoms with Gasteiger partial charge < -0.3 is 10.4 Å². The van der Waals surface area contributed by atoms with Gasteiger partial charge in [0.2, 0.25) is 0 Å². The van der Waals surface area contributed by atoms with Crippen LogP contribution in [0.4, 0.5) is 0 Å². The molecule has 0 saturated carbocycles. The third kappa shape index (κ3) is 3.88. The van der Waals surface area contributed by atoms with Crippen LogP contribution in [0.25, 0.3) is 0 Å². The molecule has 0 unspecified atom stereocenters. The molecule has 1 aromatic rings. The molecule has 19 heavy (non-hydrogen) atoms. The molecule has 0 radical (unpaired) electrons. The number of aliphatic hydroxyl groups is 1. The molecule has 0 saturated heterocycles. The Bertz CT molecular complexity index is 481. The summed E-state index contributed by atoms with van der Waals surface area (Å²) in [6.45, 7) is 6.87. The Hall–Kier alpha value is -0.710. The lowest BCUT2D eigenvalue weighted by Gasteiger charge is -2.38. The zero-order valence-corrected chi connectivity index (χ0v) is 13.4. The lowest BCUT2D eigenvalue weighted by atomic mass is 9.86. The van der Waals surface area contributed by atoms with Crippen LogP contribution < -0.4 is 5.32 Å². The summed E-state index contributed by atoms with van der Waals surface area (Å²) in [5, 5.41) is 13.3. The van der Waals surface area contributed by atoms with Crippen molar-refractivity contribution < 1.29 is 9.90 Å². The molecule has 0 aliphatic rings. The quantitative estimate of drug-likeness (QED) is 0.839. The molecular formula is C14H20ClNO2S. The van der Waals surface area contributed by atoms with Crippen LogP contribution in [0.15, 0.2) is 23.1 Å². The molecule has 0 fully saturated rings. The summed E-state index contributed by atoms with van der Waals surface area (Å²) in [5.74, 6) is -0.284. The highest BCUT2D eigenvalue weighted by molar-refractivity contribution is 7.98. The van der Waals surface area contributed by atoms with Crippen LogP contribution in [0.5, 0.6) is 0 Å². The summed E-state index contributed by atoms with van der Waals surface area (Å²) in [7, 11) is 0. The second-order valence-corrected chi connectivity index (χ2v) is 6.77. The maximum atomic E-state index is 12.3. The summed E-state index contributed by atoms with van der Waals surface area (Å²) in [4.78, 5) is 13.2. The van der Waals surface area contributed by atoms with Gasteiger partial charge in [-0.3, -0.25) is 4.79 Å². The van der Waals surface area contributed by atoms with Gasteiger partial charge in [0.15, 0.2) is 0 Å². The monoisotopic (exact) mass is 301 g/mol. The SMILES string of the molecule is CSc1ccc(Cl)c(C(=O)NC(C)(C)C(C)(C)O)c1. The second kappa shape index (κ2) is 5.73. The van der Waals surface area contributed by atoms with Crippen LogP contribution in [0.2, 0.25) is 5.02 Å². The fraction of sp³-hybridized carbons (Fsp3) is 0.500. The predicted octanol–water partition coefficient (Wildman–Crippen LogP) is 3.34. The third-order valence-electron chi connectivity index (χ3n) is 3.37. The van der Waals surface area contributed by atoms with Crippen molar-refractivity contribution in [2.45, 2.75) is 43.7 Å². The van der Waals surface area contributed by atoms with Gasteiger partial charge in [-0.05, 0) is 52.1 Å². The van der Waals surface area contributed by atoms with Crippen LogP contribution in [0.1, 0.15) is 38.1 Å². The van der Waals surface area contributed by atoms with Crippen molar-refractivity contribution in [3.63, 3.8) is 0 Å². The minimum absolute atomic E-state index is 0.284. The summed E-state index contributed by atoms with van der Waals surface area (Å²) >= 11 is 7.60. The Labute approximate surface area is 123 Å². The van der Waals surface area contributed by atoms with Crippen molar-refractivity contribution in [3.8, 4) is 0 Å². The van der Waals surface area contributed by atoms with Gasteiger partial charge >= 0.3 is 0 Å². The van der Waals surface area contributed by atoms with Gasteiger partial charge in [-0.15, -0.1) is 11.8 Å². The molecule has 0 atom stereocenters. The number of carbonyl (C=O) groups excluding carboxylic acids is 1. The highest BCUT2D eigenvalue weighted by Crippen LogP contribution is 2.25. The molecule has 0 aliphatic heterocycles. The van der Waals surface area contributed by atoms with Gasteiger partial charge in [-0.25, -0.2) is 0 Å². The summed E-state index contributed by atoms with van der Waals surface area (Å²) in [6.07, 6.45) is 1.94. The van der Waals surface area contributed by atoms with E-state index < -0.39 is 11.1 Å². The van der Waals surface area contributed by atoms with E-state index in [1.807, 2.05) is 12.3 Å². The number of carbonyl (C=O) groups is 1. The average molecular weight is 302 g/mol. The number of nitrogens with one attached hydrogen (secondary N) is 1. The molecule has 2 N–H and O–H groups in total. The van der Waals surface area contributed by atoms with E-state index in [0.29, 0.717) is 10.6 Å². The predicted molar refractivity (Wildman–Crippen MR) is 81.1 cm³/mol. The largest absolute Gasteiger partial charge is 0.388 e. The summed E-state index contributed by atoms with van der Waals surface area (Å²) < 4.78 is 0. The molecular weight excluding hydrogens is 282 g/mol. The molecule has 0 aromatic heterocycles. The first kappa shape index (κ1) is 16.3. The van der Waals surface area contributed by atoms with Gasteiger partial charge in [-0.2, -0.15) is 0 Å². The highest BCUT2D eigenvalue weighted by atomic mass is 35.5. The Balaban J connectivity index is 3.02. The molecule has 1 rings (SSSR count). The van der Waals surface area contributed by atoms with E-state index in [0.717, 1.165) is 4.90 Å². The molecule has 0 bridgehead atoms. The number of hydrogen-bond donors (Lipinski definition) is 2. The van der Waals surface area contributed by atoms with Crippen LogP contribution in [0, 0.1) is 0 Å². The molecule has 3 nitrogen and oxygen atoms in total. The Morgan fingerprint density at radius 2 is 1.89 bits per heavy atom. The molecule has 0 spiro atoms. The normalized spacial score (nSPS) is 12.4. The van der Waals surface area contributed by atoms with Crippen molar-refractivity contribution in [1.82, 2.24) is 5.32 Å². The van der Waals surface area contributed by atoms with Crippen LogP contribution in [-0.4, -0.2) is 28.4 Å². The molecule has 0 heterocycles. The van der Waals surface area contributed by atoms with Crippen molar-refractivity contribution in [2.75, 3.05) is 6.26 Å². The number of rotatable bonds is 4. The Morgan fingerprint density at radius 1 is 1.32 bits per heavy atom. The topological polar surface area (TPSA) is 49.3 Å². The number of halogens is 1. The van der Waals surface area contributed by atoms with Crippen LogP contribution in [0.3, 0.4) is 0 Å². The number of hydrogen-bond acceptors (Lipinski definition) is 3. The van der Waals surface area contributed by atoms with E-state index >= 15 is 0 Å². The fourth-order valence-corrected chi connectivity index (χ4v) is 1.95. The zero-order chi connectivity index (χ0) is 14.8. The van der Waals surface area contributed by atoms with Crippen LogP contribution in [-0.2, 0) is 0 Å². The highest BCUT2D eigenvalue weighted by Gasteiger charge is 2.36. The maximum Gasteiger partial charge on any atom is 0.253 e. The lowest BCUT2D eigenvalue weighted by molar-refractivity contribution is -0.00293. The van der Waals surface area contributed by atoms with Crippen LogP contribution >= 0.6 is 23.4 Å². The van der Waals surface area contributed by atoms with Gasteiger partial charge in [0.25, 0.3) is 5.91 Å². The van der Waals surface area contributed by atoms with Crippen molar-refractivity contribution in [2.24, 2.45) is 0 Å². The molecule has 0 aliphatic carbocycles. The van der Waals surface area contributed by atoms with Gasteiger partial charge in [0.05, 0.1) is 21.7 Å². The first-order chi connectivity index (χ1) is 8.58. The smallest absolute Gasteiger partial charge is 0.253 e. The lowest BCUT2D eigenvalue weighted by Crippen LogP contribution is -2.57. The van der Waals surface area contributed by atoms with E-state index in [-0.39, 0.29) is 5.91 Å². The first-order valence-electron chi connectivity index (χ1n) is 5.97. The van der Waals surface area contributed by atoms with E-state index in [1.165, 1.54) is 0 Å². The molecule has 1 amide bonds. The maximum absolute atomic E-state index is 12.3. The van der Waals surface area contributed by atoms with Gasteiger partial charge in [0, 0.05) is 4.90 Å². The van der Waals surface area contributed by atoms with E-state index in [2.05, 4.69) is 5.32 Å². The van der Waals surface area contributed by atoms with Crippen molar-refractivity contribution in [1.29, 1.82) is 0 Å². The average Bonchev–Trinajstić information content (AvgIpc) is 2.27. The molecule has 5 heteroatoms. The Morgan fingerprint density at radius 3 is 2.37 bits per heavy atom. The summed E-state index contributed by atoms with van der Waals surface area (Å²) in [6, 6.07) is 5.33. The van der Waals surface area contributed by atoms with Crippen molar-refractivity contribution in [3.05, 3.63) is 28.8 Å². The van der Waals surface area contributed by atoms with Gasteiger partial charge in [-0.1, -0.05) is 11.6 Å². The van der Waals surface area contributed by atoms with E-state index in [9.17, 15) is 9.90 Å². The zero-order valence-electron chi connectivity index (χ0n) is 11.9. The van der Waals surface area contributed by atoms with E-state index in [4.69, 9.17) is 11.6 Å². The second-order valence-electron chi connectivity index (χ2n) is 5.48. The van der Waals surface area contributed by atoms with E-state index in [1.54, 1.807) is 51.6 Å². The Kier molecular flexibility index (Phi) is 4.93. The van der Waals surface area contributed by atoms with Gasteiger partial charge in [0.1, 0.15) is 0 Å². The number of benzene rings is 1. The number of amides is 1. The third-order valence-corrected chi connectivity index (χ3v) is 4.43. The standard InChI is InChI=1S/C14H20ClNO2S/c1-13(2,14(3,4)18)16-12(17)10-8-9(19-5)6-7-11(10)15/h6-8,18H,1-5H3,(H,16,17). The minimum Gasteiger partial charge on any atom is -0.388 e. The first-order valence-corrected chi connectivity index (χ1v) is 7.57. The minimum atomic E-state index is -1.04. The molecule has 106 valence electrons. The van der Waals surface area contributed by atoms with Crippen molar-refractivity contribution >= 4 is 29.3 Å².